The lowest BCUT2D eigenvalue weighted by Gasteiger charge is -2.23. The Bertz CT molecular complexity index is 423. The Morgan fingerprint density at radius 3 is 2.80 bits per heavy atom. The van der Waals surface area contributed by atoms with Gasteiger partial charge in [0, 0.05) is 18.0 Å². The second-order valence-corrected chi connectivity index (χ2v) is 5.06. The molecular weight excluding hydrogens is 254 g/mol. The first-order valence-electron chi connectivity index (χ1n) is 7.02. The minimum absolute atomic E-state index is 0.0414. The molecule has 0 aliphatic heterocycles. The van der Waals surface area contributed by atoms with Gasteiger partial charge in [0.05, 0.1) is 6.04 Å². The standard InChI is InChI=1S/C15H25N3O2/c1-12(18(2)9-4-3-5-10-19)15(20)17-14-8-6-7-13(16)11-14/h6-8,11-12,19H,3-5,9-10,16H2,1-2H3,(H,17,20). The molecule has 0 aliphatic rings. The highest BCUT2D eigenvalue weighted by molar-refractivity contribution is 5.94. The lowest BCUT2D eigenvalue weighted by Crippen LogP contribution is -2.40. The van der Waals surface area contributed by atoms with E-state index in [1.54, 1.807) is 12.1 Å². The second-order valence-electron chi connectivity index (χ2n) is 5.06. The highest BCUT2D eigenvalue weighted by Gasteiger charge is 2.17. The number of rotatable bonds is 8. The van der Waals surface area contributed by atoms with Crippen molar-refractivity contribution in [1.82, 2.24) is 4.90 Å². The number of amides is 1. The molecule has 1 aromatic rings. The monoisotopic (exact) mass is 279 g/mol. The second kappa shape index (κ2) is 8.55. The van der Waals surface area contributed by atoms with Crippen molar-refractivity contribution in [2.45, 2.75) is 32.2 Å². The molecule has 1 atom stereocenters. The number of benzene rings is 1. The van der Waals surface area contributed by atoms with Crippen LogP contribution in [-0.2, 0) is 4.79 Å². The number of nitrogens with two attached hydrogens (primary N) is 1. The van der Waals surface area contributed by atoms with E-state index in [4.69, 9.17) is 10.8 Å². The first-order valence-corrected chi connectivity index (χ1v) is 7.02. The summed E-state index contributed by atoms with van der Waals surface area (Å²) in [5.41, 5.74) is 7.03. The van der Waals surface area contributed by atoms with Crippen LogP contribution in [0.25, 0.3) is 0 Å². The van der Waals surface area contributed by atoms with Crippen LogP contribution in [0.5, 0.6) is 0 Å². The molecule has 0 saturated carbocycles. The SMILES string of the molecule is CC(C(=O)Nc1cccc(N)c1)N(C)CCCCCO. The van der Waals surface area contributed by atoms with Gasteiger partial charge in [-0.1, -0.05) is 6.07 Å². The van der Waals surface area contributed by atoms with E-state index < -0.39 is 0 Å². The van der Waals surface area contributed by atoms with Crippen molar-refractivity contribution >= 4 is 17.3 Å². The number of carbonyl (C=O) groups excluding carboxylic acids is 1. The maximum absolute atomic E-state index is 12.1. The van der Waals surface area contributed by atoms with Crippen LogP contribution in [0, 0.1) is 0 Å². The first-order chi connectivity index (χ1) is 9.54. The van der Waals surface area contributed by atoms with Crippen LogP contribution in [0.3, 0.4) is 0 Å². The average Bonchev–Trinajstić information content (AvgIpc) is 2.42. The van der Waals surface area contributed by atoms with Gasteiger partial charge in [0.2, 0.25) is 5.91 Å². The number of aliphatic hydroxyl groups is 1. The Balaban J connectivity index is 2.41. The third-order valence-corrected chi connectivity index (χ3v) is 3.36. The van der Waals surface area contributed by atoms with Gasteiger partial charge in [0.25, 0.3) is 0 Å². The van der Waals surface area contributed by atoms with E-state index >= 15 is 0 Å². The first kappa shape index (κ1) is 16.5. The lowest BCUT2D eigenvalue weighted by molar-refractivity contribution is -0.120. The molecule has 0 aromatic heterocycles. The summed E-state index contributed by atoms with van der Waals surface area (Å²) in [6.07, 6.45) is 2.77. The molecule has 20 heavy (non-hydrogen) atoms. The zero-order valence-corrected chi connectivity index (χ0v) is 12.3. The number of hydrogen-bond acceptors (Lipinski definition) is 4. The van der Waals surface area contributed by atoms with Gasteiger partial charge in [-0.2, -0.15) is 0 Å². The van der Waals surface area contributed by atoms with Gasteiger partial charge in [-0.05, 0) is 58.0 Å². The molecule has 4 N–H and O–H groups in total. The van der Waals surface area contributed by atoms with Crippen molar-refractivity contribution in [3.05, 3.63) is 24.3 Å². The molecular formula is C15H25N3O2. The Kier molecular flexibility index (Phi) is 7.04. The molecule has 1 aromatic carbocycles. The molecule has 1 rings (SSSR count). The topological polar surface area (TPSA) is 78.6 Å². The number of nitrogens with one attached hydrogen (secondary N) is 1. The summed E-state index contributed by atoms with van der Waals surface area (Å²) in [5.74, 6) is -0.0414. The fourth-order valence-corrected chi connectivity index (χ4v) is 1.91. The van der Waals surface area contributed by atoms with Gasteiger partial charge in [-0.25, -0.2) is 0 Å². The summed E-state index contributed by atoms with van der Waals surface area (Å²) in [6.45, 7) is 2.95. The fraction of sp³-hybridized carbons (Fsp3) is 0.533. The highest BCUT2D eigenvalue weighted by Crippen LogP contribution is 2.13. The van der Waals surface area contributed by atoms with Crippen molar-refractivity contribution in [2.75, 3.05) is 31.2 Å². The van der Waals surface area contributed by atoms with Gasteiger partial charge in [0.15, 0.2) is 0 Å². The van der Waals surface area contributed by atoms with Crippen molar-refractivity contribution in [2.24, 2.45) is 0 Å². The van der Waals surface area contributed by atoms with Crippen LogP contribution in [0.1, 0.15) is 26.2 Å². The maximum atomic E-state index is 12.1. The zero-order chi connectivity index (χ0) is 15.0. The van der Waals surface area contributed by atoms with Crippen LogP contribution in [-0.4, -0.2) is 42.2 Å². The molecule has 0 heterocycles. The van der Waals surface area contributed by atoms with Gasteiger partial charge in [-0.15, -0.1) is 0 Å². The van der Waals surface area contributed by atoms with Crippen molar-refractivity contribution < 1.29 is 9.90 Å². The van der Waals surface area contributed by atoms with Gasteiger partial charge in [-0.3, -0.25) is 9.69 Å². The lowest BCUT2D eigenvalue weighted by atomic mass is 10.2. The van der Waals surface area contributed by atoms with Crippen LogP contribution in [0.15, 0.2) is 24.3 Å². The van der Waals surface area contributed by atoms with Crippen molar-refractivity contribution in [1.29, 1.82) is 0 Å². The summed E-state index contributed by atoms with van der Waals surface area (Å²) in [6, 6.07) is 6.96. The average molecular weight is 279 g/mol. The Hall–Kier alpha value is -1.59. The molecule has 5 nitrogen and oxygen atoms in total. The molecule has 0 bridgehead atoms. The van der Waals surface area contributed by atoms with Gasteiger partial charge in [0.1, 0.15) is 0 Å². The summed E-state index contributed by atoms with van der Waals surface area (Å²) >= 11 is 0. The predicted octanol–water partition coefficient (Wildman–Crippen LogP) is 1.69. The number of hydrogen-bond donors (Lipinski definition) is 3. The fourth-order valence-electron chi connectivity index (χ4n) is 1.91. The van der Waals surface area contributed by atoms with E-state index in [9.17, 15) is 4.79 Å². The predicted molar refractivity (Wildman–Crippen MR) is 82.5 cm³/mol. The third kappa shape index (κ3) is 5.59. The van der Waals surface area contributed by atoms with Crippen LogP contribution < -0.4 is 11.1 Å². The molecule has 0 radical (unpaired) electrons. The molecule has 0 spiro atoms. The van der Waals surface area contributed by atoms with Crippen LogP contribution in [0.2, 0.25) is 0 Å². The van der Waals surface area contributed by atoms with Crippen molar-refractivity contribution in [3.63, 3.8) is 0 Å². The van der Waals surface area contributed by atoms with E-state index in [1.807, 2.05) is 31.0 Å². The number of carbonyl (C=O) groups is 1. The Labute approximate surface area is 120 Å². The van der Waals surface area contributed by atoms with E-state index in [1.165, 1.54) is 0 Å². The smallest absolute Gasteiger partial charge is 0.241 e. The maximum Gasteiger partial charge on any atom is 0.241 e. The molecule has 0 fully saturated rings. The number of aliphatic hydroxyl groups excluding tert-OH is 1. The van der Waals surface area contributed by atoms with Crippen LogP contribution in [0.4, 0.5) is 11.4 Å². The van der Waals surface area contributed by atoms with Crippen molar-refractivity contribution in [3.8, 4) is 0 Å². The minimum Gasteiger partial charge on any atom is -0.399 e. The number of nitrogen functional groups attached to an aromatic ring is 1. The van der Waals surface area contributed by atoms with E-state index in [0.717, 1.165) is 31.5 Å². The largest absolute Gasteiger partial charge is 0.399 e. The van der Waals surface area contributed by atoms with Gasteiger partial charge < -0.3 is 16.2 Å². The number of nitrogens with zero attached hydrogens (tertiary/aromatic N) is 1. The normalized spacial score (nSPS) is 12.4. The molecule has 1 amide bonds. The minimum atomic E-state index is -0.203. The Morgan fingerprint density at radius 2 is 2.15 bits per heavy atom. The molecule has 1 unspecified atom stereocenters. The summed E-state index contributed by atoms with van der Waals surface area (Å²) in [7, 11) is 1.93. The quantitative estimate of drug-likeness (QED) is 0.500. The molecule has 0 saturated heterocycles. The number of anilines is 2. The number of likely N-dealkylation sites (N-methyl/N-ethyl adjacent to an activating group) is 1. The number of unbranched alkanes of at least 4 members (excludes halogenated alkanes) is 2. The zero-order valence-electron chi connectivity index (χ0n) is 12.3. The molecule has 0 aliphatic carbocycles. The summed E-state index contributed by atoms with van der Waals surface area (Å²) in [4.78, 5) is 14.1. The van der Waals surface area contributed by atoms with E-state index in [2.05, 4.69) is 5.32 Å². The highest BCUT2D eigenvalue weighted by atomic mass is 16.2. The summed E-state index contributed by atoms with van der Waals surface area (Å²) < 4.78 is 0. The van der Waals surface area contributed by atoms with E-state index in [-0.39, 0.29) is 18.6 Å². The molecule has 5 heteroatoms. The summed E-state index contributed by atoms with van der Waals surface area (Å²) in [5, 5.41) is 11.6. The van der Waals surface area contributed by atoms with Gasteiger partial charge >= 0.3 is 0 Å². The third-order valence-electron chi connectivity index (χ3n) is 3.36. The molecule has 112 valence electrons. The van der Waals surface area contributed by atoms with Crippen LogP contribution >= 0.6 is 0 Å². The Morgan fingerprint density at radius 1 is 1.40 bits per heavy atom. The van der Waals surface area contributed by atoms with E-state index in [0.29, 0.717) is 5.69 Å².